The van der Waals surface area contributed by atoms with Crippen molar-refractivity contribution < 1.29 is 19.4 Å². The van der Waals surface area contributed by atoms with Crippen LogP contribution in [-0.2, 0) is 16.6 Å². The number of morpholine rings is 1. The molecule has 0 radical (unpaired) electrons. The topological polar surface area (TPSA) is 84.7 Å². The van der Waals surface area contributed by atoms with Gasteiger partial charge in [0.1, 0.15) is 4.83 Å². The van der Waals surface area contributed by atoms with Gasteiger partial charge in [0, 0.05) is 19.0 Å². The molecule has 23 heavy (non-hydrogen) atoms. The van der Waals surface area contributed by atoms with Gasteiger partial charge in [0.2, 0.25) is 0 Å². The smallest absolute Gasteiger partial charge is 0.328 e. The van der Waals surface area contributed by atoms with Crippen LogP contribution in [-0.4, -0.2) is 57.5 Å². The molecule has 1 fully saturated rings. The number of aryl methyl sites for hydroxylation is 1. The van der Waals surface area contributed by atoms with E-state index in [2.05, 4.69) is 18.9 Å². The summed E-state index contributed by atoms with van der Waals surface area (Å²) in [5.74, 6) is -1.04. The Balaban J connectivity index is 1.97. The van der Waals surface area contributed by atoms with Crippen molar-refractivity contribution in [3.63, 3.8) is 0 Å². The summed E-state index contributed by atoms with van der Waals surface area (Å²) < 4.78 is 6.97. The summed E-state index contributed by atoms with van der Waals surface area (Å²) in [6, 6.07) is 0.906. The van der Waals surface area contributed by atoms with Crippen LogP contribution in [0, 0.1) is 0 Å². The van der Waals surface area contributed by atoms with Gasteiger partial charge in [-0.15, -0.1) is 11.3 Å². The lowest BCUT2D eigenvalue weighted by Gasteiger charge is -2.32. The third kappa shape index (κ3) is 2.72. The molecule has 1 saturated heterocycles. The molecule has 2 aromatic rings. The maximum atomic E-state index is 12.8. The van der Waals surface area contributed by atoms with Crippen LogP contribution in [0.1, 0.15) is 35.1 Å². The van der Waals surface area contributed by atoms with Crippen LogP contribution in [0.3, 0.4) is 0 Å². The number of carbonyl (C=O) groups is 2. The molecule has 0 aromatic carbocycles. The SMILES string of the molecule is CC(C)c1nn(C)c2sc(C(=O)N3CCOC[C@H]3C(=O)O)cc12. The predicted molar refractivity (Wildman–Crippen MR) is 86.0 cm³/mol. The van der Waals surface area contributed by atoms with Crippen LogP contribution >= 0.6 is 11.3 Å². The van der Waals surface area contributed by atoms with Crippen molar-refractivity contribution in [1.82, 2.24) is 14.7 Å². The van der Waals surface area contributed by atoms with E-state index >= 15 is 0 Å². The number of amides is 1. The number of rotatable bonds is 3. The zero-order chi connectivity index (χ0) is 16.7. The van der Waals surface area contributed by atoms with Gasteiger partial charge in [0.05, 0.1) is 23.8 Å². The highest BCUT2D eigenvalue weighted by molar-refractivity contribution is 7.20. The van der Waals surface area contributed by atoms with Gasteiger partial charge in [-0.25, -0.2) is 4.79 Å². The molecule has 8 heteroatoms. The standard InChI is InChI=1S/C15H19N3O4S/c1-8(2)12-9-6-11(23-14(9)17(3)16-12)13(19)18-4-5-22-7-10(18)15(20)21/h6,8,10H,4-5,7H2,1-3H3,(H,20,21)/t10-/m0/s1. The Hall–Kier alpha value is -1.93. The summed E-state index contributed by atoms with van der Waals surface area (Å²) in [6.45, 7) is 4.80. The highest BCUT2D eigenvalue weighted by Crippen LogP contribution is 2.32. The first-order valence-electron chi connectivity index (χ1n) is 7.48. The maximum Gasteiger partial charge on any atom is 0.328 e. The number of hydrogen-bond donors (Lipinski definition) is 1. The van der Waals surface area contributed by atoms with E-state index in [4.69, 9.17) is 4.74 Å². The second-order valence-electron chi connectivity index (χ2n) is 5.92. The van der Waals surface area contributed by atoms with E-state index in [0.717, 1.165) is 15.9 Å². The Morgan fingerprint density at radius 1 is 1.48 bits per heavy atom. The van der Waals surface area contributed by atoms with Crippen molar-refractivity contribution in [2.75, 3.05) is 19.8 Å². The minimum absolute atomic E-state index is 0.0325. The fourth-order valence-corrected chi connectivity index (χ4v) is 3.83. The van der Waals surface area contributed by atoms with Gasteiger partial charge >= 0.3 is 5.97 Å². The van der Waals surface area contributed by atoms with E-state index in [-0.39, 0.29) is 18.4 Å². The molecule has 1 aliphatic heterocycles. The summed E-state index contributed by atoms with van der Waals surface area (Å²) in [5, 5.41) is 14.7. The highest BCUT2D eigenvalue weighted by atomic mass is 32.1. The molecule has 1 amide bonds. The number of thiophene rings is 1. The van der Waals surface area contributed by atoms with Gasteiger partial charge in [0.25, 0.3) is 5.91 Å². The van der Waals surface area contributed by atoms with Gasteiger partial charge in [-0.05, 0) is 12.0 Å². The van der Waals surface area contributed by atoms with Crippen molar-refractivity contribution in [1.29, 1.82) is 0 Å². The van der Waals surface area contributed by atoms with Gasteiger partial charge in [-0.1, -0.05) is 13.8 Å². The molecule has 0 spiro atoms. The first kappa shape index (κ1) is 15.9. The van der Waals surface area contributed by atoms with E-state index in [0.29, 0.717) is 18.0 Å². The summed E-state index contributed by atoms with van der Waals surface area (Å²) in [5.41, 5.74) is 0.953. The number of fused-ring (bicyclic) bond motifs is 1. The second kappa shape index (κ2) is 5.93. The van der Waals surface area contributed by atoms with Crippen molar-refractivity contribution in [2.45, 2.75) is 25.8 Å². The molecule has 7 nitrogen and oxygen atoms in total. The van der Waals surface area contributed by atoms with E-state index < -0.39 is 12.0 Å². The summed E-state index contributed by atoms with van der Waals surface area (Å²) in [7, 11) is 1.85. The quantitative estimate of drug-likeness (QED) is 0.921. The fraction of sp³-hybridized carbons (Fsp3) is 0.533. The fourth-order valence-electron chi connectivity index (χ4n) is 2.79. The first-order chi connectivity index (χ1) is 10.9. The average Bonchev–Trinajstić information content (AvgIpc) is 3.07. The molecule has 124 valence electrons. The molecule has 3 heterocycles. The zero-order valence-electron chi connectivity index (χ0n) is 13.3. The maximum absolute atomic E-state index is 12.8. The van der Waals surface area contributed by atoms with E-state index in [1.165, 1.54) is 16.2 Å². The number of aliphatic carboxylic acids is 1. The molecule has 1 aliphatic rings. The number of nitrogens with zero attached hydrogens (tertiary/aromatic N) is 3. The molecule has 0 aliphatic carbocycles. The third-order valence-electron chi connectivity index (χ3n) is 3.97. The Kier molecular flexibility index (Phi) is 4.11. The minimum atomic E-state index is -1.04. The molecule has 3 rings (SSSR count). The lowest BCUT2D eigenvalue weighted by Crippen LogP contribution is -2.52. The summed E-state index contributed by atoms with van der Waals surface area (Å²) in [6.07, 6.45) is 0. The van der Waals surface area contributed by atoms with Crippen molar-refractivity contribution >= 4 is 33.4 Å². The lowest BCUT2D eigenvalue weighted by molar-refractivity contribution is -0.147. The van der Waals surface area contributed by atoms with Crippen LogP contribution in [0.2, 0.25) is 0 Å². The highest BCUT2D eigenvalue weighted by Gasteiger charge is 2.34. The van der Waals surface area contributed by atoms with Crippen LogP contribution in [0.5, 0.6) is 0 Å². The van der Waals surface area contributed by atoms with E-state index in [1.807, 2.05) is 13.1 Å². The largest absolute Gasteiger partial charge is 0.480 e. The van der Waals surface area contributed by atoms with E-state index in [1.54, 1.807) is 4.68 Å². The van der Waals surface area contributed by atoms with Crippen LogP contribution in [0.4, 0.5) is 0 Å². The number of carboxylic acid groups (broad SMARTS) is 1. The number of carboxylic acids is 1. The third-order valence-corrected chi connectivity index (χ3v) is 5.16. The van der Waals surface area contributed by atoms with Crippen LogP contribution < -0.4 is 0 Å². The lowest BCUT2D eigenvalue weighted by atomic mass is 10.1. The Morgan fingerprint density at radius 2 is 2.22 bits per heavy atom. The average molecular weight is 337 g/mol. The number of aromatic nitrogens is 2. The molecule has 2 aromatic heterocycles. The minimum Gasteiger partial charge on any atom is -0.480 e. The Bertz CT molecular complexity index is 764. The predicted octanol–water partition coefficient (Wildman–Crippen LogP) is 1.68. The first-order valence-corrected chi connectivity index (χ1v) is 8.29. The molecule has 0 saturated carbocycles. The van der Waals surface area contributed by atoms with Crippen molar-refractivity contribution in [3.05, 3.63) is 16.6 Å². The van der Waals surface area contributed by atoms with Gasteiger partial charge in [0.15, 0.2) is 6.04 Å². The van der Waals surface area contributed by atoms with E-state index in [9.17, 15) is 14.7 Å². The molecule has 1 N–H and O–H groups in total. The van der Waals surface area contributed by atoms with Gasteiger partial charge in [-0.3, -0.25) is 9.48 Å². The van der Waals surface area contributed by atoms with Crippen molar-refractivity contribution in [3.8, 4) is 0 Å². The van der Waals surface area contributed by atoms with Crippen LogP contribution in [0.25, 0.3) is 10.2 Å². The second-order valence-corrected chi connectivity index (χ2v) is 6.95. The monoisotopic (exact) mass is 337 g/mol. The Labute approximate surface area is 137 Å². The zero-order valence-corrected chi connectivity index (χ0v) is 14.1. The number of hydrogen-bond acceptors (Lipinski definition) is 5. The molecular formula is C15H19N3O4S. The van der Waals surface area contributed by atoms with Gasteiger partial charge in [-0.2, -0.15) is 5.10 Å². The normalized spacial score (nSPS) is 18.8. The number of carbonyl (C=O) groups excluding carboxylic acids is 1. The van der Waals surface area contributed by atoms with Gasteiger partial charge < -0.3 is 14.7 Å². The number of ether oxygens (including phenoxy) is 1. The van der Waals surface area contributed by atoms with Crippen LogP contribution in [0.15, 0.2) is 6.07 Å². The molecule has 1 atom stereocenters. The summed E-state index contributed by atoms with van der Waals surface area (Å²) in [4.78, 5) is 27.0. The molecule has 0 bridgehead atoms. The molecule has 0 unspecified atom stereocenters. The molecular weight excluding hydrogens is 318 g/mol. The van der Waals surface area contributed by atoms with Crippen molar-refractivity contribution in [2.24, 2.45) is 7.05 Å². The summed E-state index contributed by atoms with van der Waals surface area (Å²) >= 11 is 1.35. The Morgan fingerprint density at radius 3 is 2.87 bits per heavy atom.